The fourth-order valence-corrected chi connectivity index (χ4v) is 3.81. The summed E-state index contributed by atoms with van der Waals surface area (Å²) >= 11 is 0. The highest BCUT2D eigenvalue weighted by Gasteiger charge is 2.64. The number of rotatable bonds is 4. The molecule has 1 amide bonds. The van der Waals surface area contributed by atoms with Crippen molar-refractivity contribution in [2.45, 2.75) is 32.6 Å². The summed E-state index contributed by atoms with van der Waals surface area (Å²) < 4.78 is 0. The Balaban J connectivity index is 1.60. The molecule has 2 fully saturated rings. The van der Waals surface area contributed by atoms with E-state index in [9.17, 15) is 14.9 Å². The van der Waals surface area contributed by atoms with Crippen LogP contribution in [0.3, 0.4) is 0 Å². The van der Waals surface area contributed by atoms with E-state index in [1.165, 1.54) is 31.2 Å². The molecule has 22 heavy (non-hydrogen) atoms. The van der Waals surface area contributed by atoms with Crippen LogP contribution in [0.1, 0.15) is 38.2 Å². The van der Waals surface area contributed by atoms with Gasteiger partial charge in [0, 0.05) is 23.6 Å². The van der Waals surface area contributed by atoms with Crippen molar-refractivity contribution in [2.75, 3.05) is 0 Å². The highest BCUT2D eigenvalue weighted by Crippen LogP contribution is 2.66. The van der Waals surface area contributed by atoms with Gasteiger partial charge in [-0.05, 0) is 24.2 Å². The van der Waals surface area contributed by atoms with Gasteiger partial charge in [0.25, 0.3) is 5.69 Å². The summed E-state index contributed by atoms with van der Waals surface area (Å²) in [7, 11) is 0. The Morgan fingerprint density at radius 1 is 1.50 bits per heavy atom. The molecule has 2 aliphatic rings. The molecule has 1 aromatic carbocycles. The van der Waals surface area contributed by atoms with Crippen LogP contribution in [0.2, 0.25) is 0 Å². The fourth-order valence-electron chi connectivity index (χ4n) is 3.81. The Bertz CT molecular complexity index is 643. The molecule has 3 atom stereocenters. The van der Waals surface area contributed by atoms with E-state index in [-0.39, 0.29) is 22.9 Å². The number of non-ortho nitro benzene ring substituents is 1. The molecule has 1 N–H and O–H groups in total. The number of hydrazone groups is 1. The topological polar surface area (TPSA) is 84.6 Å². The van der Waals surface area contributed by atoms with Gasteiger partial charge in [-0.15, -0.1) is 0 Å². The van der Waals surface area contributed by atoms with Crippen molar-refractivity contribution in [1.82, 2.24) is 5.43 Å². The van der Waals surface area contributed by atoms with E-state index in [0.717, 1.165) is 12.8 Å². The molecule has 0 saturated heterocycles. The average molecular weight is 301 g/mol. The van der Waals surface area contributed by atoms with Crippen LogP contribution in [0.4, 0.5) is 5.69 Å². The van der Waals surface area contributed by atoms with Crippen LogP contribution in [0.25, 0.3) is 0 Å². The van der Waals surface area contributed by atoms with Crippen LogP contribution >= 0.6 is 0 Å². The summed E-state index contributed by atoms with van der Waals surface area (Å²) in [6.45, 7) is 2.19. The van der Waals surface area contributed by atoms with E-state index in [1.807, 2.05) is 0 Å². The van der Waals surface area contributed by atoms with Crippen LogP contribution in [0, 0.1) is 27.4 Å². The van der Waals surface area contributed by atoms with Gasteiger partial charge in [0.05, 0.1) is 11.1 Å². The molecular weight excluding hydrogens is 282 g/mol. The third-order valence-corrected chi connectivity index (χ3v) is 5.08. The minimum atomic E-state index is -0.453. The zero-order valence-corrected chi connectivity index (χ0v) is 12.5. The molecular formula is C16H19N3O3. The largest absolute Gasteiger partial charge is 0.273 e. The van der Waals surface area contributed by atoms with E-state index in [0.29, 0.717) is 11.5 Å². The summed E-state index contributed by atoms with van der Waals surface area (Å²) in [4.78, 5) is 22.5. The lowest BCUT2D eigenvalue weighted by Gasteiger charge is -2.15. The second-order valence-electron chi connectivity index (χ2n) is 6.42. The van der Waals surface area contributed by atoms with E-state index in [4.69, 9.17) is 0 Å². The maximum absolute atomic E-state index is 12.2. The quantitative estimate of drug-likeness (QED) is 0.527. The molecule has 6 heteroatoms. The number of amides is 1. The van der Waals surface area contributed by atoms with E-state index < -0.39 is 4.92 Å². The monoisotopic (exact) mass is 301 g/mol. The molecule has 0 aromatic heterocycles. The standard InChI is InChI=1S/C16H19N3O3/c1-16-8-3-2-7-13(16)14(16)15(20)18-17-10-11-5-4-6-12(9-11)19(21)22/h4-6,9-10,13-14H,2-3,7-8H2,1H3,(H,18,20)/b17-10+/t13-,14-,16-/m0/s1. The molecule has 116 valence electrons. The van der Waals surface area contributed by atoms with Gasteiger partial charge in [-0.2, -0.15) is 5.10 Å². The molecule has 0 unspecified atom stereocenters. The Labute approximate surface area is 128 Å². The first-order valence-corrected chi connectivity index (χ1v) is 7.60. The second kappa shape index (κ2) is 5.51. The zero-order chi connectivity index (χ0) is 15.7. The summed E-state index contributed by atoms with van der Waals surface area (Å²) in [5.41, 5.74) is 3.34. The zero-order valence-electron chi connectivity index (χ0n) is 12.5. The van der Waals surface area contributed by atoms with Gasteiger partial charge >= 0.3 is 0 Å². The Morgan fingerprint density at radius 2 is 2.32 bits per heavy atom. The van der Waals surface area contributed by atoms with Gasteiger partial charge < -0.3 is 0 Å². The van der Waals surface area contributed by atoms with Crippen LogP contribution in [-0.4, -0.2) is 17.0 Å². The average Bonchev–Trinajstić information content (AvgIpc) is 3.13. The molecule has 2 aliphatic carbocycles. The summed E-state index contributed by atoms with van der Waals surface area (Å²) in [6, 6.07) is 6.15. The van der Waals surface area contributed by atoms with Gasteiger partial charge in [0.1, 0.15) is 0 Å². The second-order valence-corrected chi connectivity index (χ2v) is 6.42. The maximum Gasteiger partial charge on any atom is 0.270 e. The van der Waals surface area contributed by atoms with Crippen molar-refractivity contribution in [3.05, 3.63) is 39.9 Å². The Morgan fingerprint density at radius 3 is 3.00 bits per heavy atom. The number of nitrogens with one attached hydrogen (secondary N) is 1. The number of nitro groups is 1. The van der Waals surface area contributed by atoms with Crippen molar-refractivity contribution in [3.8, 4) is 0 Å². The van der Waals surface area contributed by atoms with Crippen molar-refractivity contribution < 1.29 is 9.72 Å². The van der Waals surface area contributed by atoms with Gasteiger partial charge in [-0.1, -0.05) is 31.9 Å². The lowest BCUT2D eigenvalue weighted by atomic mass is 9.90. The number of fused-ring (bicyclic) bond motifs is 1. The number of nitrogens with zero attached hydrogens (tertiary/aromatic N) is 2. The minimum Gasteiger partial charge on any atom is -0.273 e. The number of carbonyl (C=O) groups excluding carboxylic acids is 1. The highest BCUT2D eigenvalue weighted by molar-refractivity contribution is 5.86. The predicted molar refractivity (Wildman–Crippen MR) is 82.4 cm³/mol. The fraction of sp³-hybridized carbons (Fsp3) is 0.500. The third kappa shape index (κ3) is 2.61. The van der Waals surface area contributed by atoms with Gasteiger partial charge in [0.15, 0.2) is 0 Å². The molecule has 0 heterocycles. The van der Waals surface area contributed by atoms with E-state index in [2.05, 4.69) is 17.5 Å². The van der Waals surface area contributed by atoms with Crippen molar-refractivity contribution in [1.29, 1.82) is 0 Å². The van der Waals surface area contributed by atoms with Gasteiger partial charge in [0.2, 0.25) is 5.91 Å². The highest BCUT2D eigenvalue weighted by atomic mass is 16.6. The van der Waals surface area contributed by atoms with Crippen LogP contribution in [-0.2, 0) is 4.79 Å². The molecule has 0 radical (unpaired) electrons. The summed E-state index contributed by atoms with van der Waals surface area (Å²) in [6.07, 6.45) is 6.10. The SMILES string of the molecule is C[C@]12CCCC[C@H]1[C@H]2C(=O)N/N=C/c1cccc([N+](=O)[O-])c1. The summed E-state index contributed by atoms with van der Waals surface area (Å²) in [5, 5.41) is 14.6. The molecule has 1 aromatic rings. The molecule has 0 spiro atoms. The van der Waals surface area contributed by atoms with Crippen molar-refractivity contribution in [3.63, 3.8) is 0 Å². The number of nitro benzene ring substituents is 1. The van der Waals surface area contributed by atoms with Crippen molar-refractivity contribution >= 4 is 17.8 Å². The van der Waals surface area contributed by atoms with Gasteiger partial charge in [-0.25, -0.2) is 5.43 Å². The first kappa shape index (κ1) is 14.7. The van der Waals surface area contributed by atoms with Crippen molar-refractivity contribution in [2.24, 2.45) is 22.4 Å². The Hall–Kier alpha value is -2.24. The van der Waals surface area contributed by atoms with E-state index >= 15 is 0 Å². The molecule has 3 rings (SSSR count). The predicted octanol–water partition coefficient (Wildman–Crippen LogP) is 2.87. The first-order valence-electron chi connectivity index (χ1n) is 7.60. The van der Waals surface area contributed by atoms with E-state index in [1.54, 1.807) is 12.1 Å². The number of carbonyl (C=O) groups is 1. The molecule has 0 aliphatic heterocycles. The molecule has 6 nitrogen and oxygen atoms in total. The smallest absolute Gasteiger partial charge is 0.270 e. The lowest BCUT2D eigenvalue weighted by Crippen LogP contribution is -2.22. The van der Waals surface area contributed by atoms with Crippen LogP contribution in [0.15, 0.2) is 29.4 Å². The van der Waals surface area contributed by atoms with Gasteiger partial charge in [-0.3, -0.25) is 14.9 Å². The maximum atomic E-state index is 12.2. The Kier molecular flexibility index (Phi) is 3.68. The number of benzene rings is 1. The summed E-state index contributed by atoms with van der Waals surface area (Å²) in [5.74, 6) is 0.530. The lowest BCUT2D eigenvalue weighted by molar-refractivity contribution is -0.384. The number of hydrogen-bond acceptors (Lipinski definition) is 4. The first-order chi connectivity index (χ1) is 10.5. The normalized spacial score (nSPS) is 29.9. The minimum absolute atomic E-state index is 0.0102. The molecule has 0 bridgehead atoms. The van der Waals surface area contributed by atoms with Crippen LogP contribution < -0.4 is 5.43 Å². The third-order valence-electron chi connectivity index (χ3n) is 5.08. The van der Waals surface area contributed by atoms with Crippen LogP contribution in [0.5, 0.6) is 0 Å². The molecule has 2 saturated carbocycles. The number of hydrogen-bond donors (Lipinski definition) is 1.